The molecule has 1 aliphatic carbocycles. The number of aromatic nitrogens is 4. The maximum absolute atomic E-state index is 13.4. The van der Waals surface area contributed by atoms with Gasteiger partial charge in [-0.05, 0) is 37.8 Å². The Kier molecular flexibility index (Phi) is 8.79. The summed E-state index contributed by atoms with van der Waals surface area (Å²) in [6, 6.07) is 4.94. The summed E-state index contributed by atoms with van der Waals surface area (Å²) in [5, 5.41) is 16.2. The maximum Gasteiger partial charge on any atom is 0.386 e. The van der Waals surface area contributed by atoms with E-state index in [0.29, 0.717) is 12.2 Å². The lowest BCUT2D eigenvalue weighted by Gasteiger charge is -2.32. The molecule has 1 saturated carbocycles. The van der Waals surface area contributed by atoms with Gasteiger partial charge in [-0.1, -0.05) is 19.3 Å². The van der Waals surface area contributed by atoms with E-state index in [-0.39, 0.29) is 24.1 Å². The van der Waals surface area contributed by atoms with Crippen molar-refractivity contribution >= 4 is 28.5 Å². The number of anilines is 1. The number of hydrogen-bond acceptors (Lipinski definition) is 6. The highest BCUT2D eigenvalue weighted by Gasteiger charge is 2.52. The predicted octanol–water partition coefficient (Wildman–Crippen LogP) is 4.28. The van der Waals surface area contributed by atoms with Crippen LogP contribution in [0.15, 0.2) is 40.4 Å². The van der Waals surface area contributed by atoms with E-state index >= 15 is 0 Å². The number of carbonyl (C=O) groups is 1. The van der Waals surface area contributed by atoms with Crippen molar-refractivity contribution in [1.82, 2.24) is 25.1 Å². The molecule has 13 heteroatoms. The smallest absolute Gasteiger partial charge is 0.386 e. The molecule has 2 aliphatic heterocycles. The van der Waals surface area contributed by atoms with Crippen molar-refractivity contribution < 1.29 is 23.1 Å². The van der Waals surface area contributed by atoms with Gasteiger partial charge in [-0.2, -0.15) is 18.3 Å². The number of aromatic amines is 2. The summed E-state index contributed by atoms with van der Waals surface area (Å²) in [6.45, 7) is 2.71. The lowest BCUT2D eigenvalue weighted by molar-refractivity contribution is -0.124. The molecule has 1 saturated heterocycles. The van der Waals surface area contributed by atoms with Crippen LogP contribution in [0.2, 0.25) is 0 Å². The van der Waals surface area contributed by atoms with E-state index in [9.17, 15) is 22.8 Å². The largest absolute Gasteiger partial charge is 0.506 e. The van der Waals surface area contributed by atoms with Gasteiger partial charge in [0.1, 0.15) is 11.6 Å². The molecule has 2 fully saturated rings. The molecule has 5 heterocycles. The van der Waals surface area contributed by atoms with Crippen molar-refractivity contribution in [2.75, 3.05) is 31.6 Å². The Hall–Kier alpha value is -3.90. The minimum atomic E-state index is -4.00. The van der Waals surface area contributed by atoms with Gasteiger partial charge in [-0.15, -0.1) is 0 Å². The predicted molar refractivity (Wildman–Crippen MR) is 146 cm³/mol. The zero-order chi connectivity index (χ0) is 28.9. The van der Waals surface area contributed by atoms with Gasteiger partial charge in [0.05, 0.1) is 35.7 Å². The molecule has 6 rings (SSSR count). The highest BCUT2D eigenvalue weighted by Crippen LogP contribution is 2.48. The maximum atomic E-state index is 13.4. The Balaban J connectivity index is 0.000000202. The minimum absolute atomic E-state index is 0.123. The second kappa shape index (κ2) is 12.1. The summed E-state index contributed by atoms with van der Waals surface area (Å²) in [6.07, 6.45) is 6.25. The standard InChI is InChI=1S/C19H26N4O2.C6H5N3O.C2H3F3/c1-20-15(22-11-5-6-12-22)13-23-14-7-8-16(24)21-17(14)19(18(23)25)9-3-2-4-10-19;10-5-1-4-2-8-9-6(4)7-3-5;1-2(3,4)5/h7-8H,2-6,9-13H2,1H3,(H,21,24);1-3,10H,(H,7,8,9);1H3. The Morgan fingerprint density at radius 3 is 2.42 bits per heavy atom. The number of nitrogens with one attached hydrogen (secondary N) is 2. The number of likely N-dealkylation sites (tertiary alicyclic amines) is 1. The number of amides is 1. The van der Waals surface area contributed by atoms with Gasteiger partial charge in [0.2, 0.25) is 11.5 Å². The van der Waals surface area contributed by atoms with Crippen molar-refractivity contribution in [3.05, 3.63) is 46.6 Å². The first-order valence-corrected chi connectivity index (χ1v) is 13.3. The van der Waals surface area contributed by atoms with E-state index in [4.69, 9.17) is 5.11 Å². The van der Waals surface area contributed by atoms with Crippen LogP contribution in [0.5, 0.6) is 5.75 Å². The number of aliphatic imine (C=N–C) groups is 1. The van der Waals surface area contributed by atoms with Gasteiger partial charge in [-0.3, -0.25) is 19.7 Å². The van der Waals surface area contributed by atoms with Crippen LogP contribution in [0.1, 0.15) is 57.6 Å². The van der Waals surface area contributed by atoms with Crippen LogP contribution in [-0.4, -0.2) is 74.8 Å². The van der Waals surface area contributed by atoms with E-state index in [2.05, 4.69) is 30.1 Å². The monoisotopic (exact) mass is 561 g/mol. The van der Waals surface area contributed by atoms with Crippen LogP contribution in [-0.2, 0) is 10.2 Å². The first kappa shape index (κ1) is 29.1. The molecule has 216 valence electrons. The van der Waals surface area contributed by atoms with Crippen LogP contribution in [0.25, 0.3) is 11.0 Å². The highest BCUT2D eigenvalue weighted by molar-refractivity contribution is 6.10. The van der Waals surface area contributed by atoms with Crippen LogP contribution >= 0.6 is 0 Å². The average Bonchev–Trinajstić information content (AvgIpc) is 3.65. The molecule has 10 nitrogen and oxygen atoms in total. The highest BCUT2D eigenvalue weighted by atomic mass is 19.4. The molecule has 3 N–H and O–H groups in total. The molecule has 40 heavy (non-hydrogen) atoms. The molecule has 1 spiro atoms. The number of H-pyrrole nitrogens is 2. The molecule has 1 amide bonds. The van der Waals surface area contributed by atoms with E-state index in [0.717, 1.165) is 67.8 Å². The second-order valence-corrected chi connectivity index (χ2v) is 10.2. The fraction of sp³-hybridized carbons (Fsp3) is 0.519. The molecule has 3 aliphatic rings. The van der Waals surface area contributed by atoms with E-state index < -0.39 is 11.6 Å². The number of carbonyl (C=O) groups excluding carboxylic acids is 1. The van der Waals surface area contributed by atoms with Crippen LogP contribution in [0.4, 0.5) is 18.9 Å². The Morgan fingerprint density at radius 2 is 1.77 bits per heavy atom. The molecular formula is C27H34F3N7O3. The van der Waals surface area contributed by atoms with E-state index in [1.54, 1.807) is 19.3 Å². The SMILES string of the molecule is CC(F)(F)F.CN=C(CN1C(=O)C2(CCCCC2)c2[nH]c(=O)ccc21)N1CCCC1.Oc1cnc2[nH]ncc2c1. The molecule has 0 unspecified atom stereocenters. The van der Waals surface area contributed by atoms with Gasteiger partial charge in [-0.25, -0.2) is 4.98 Å². The molecule has 3 aromatic heterocycles. The summed E-state index contributed by atoms with van der Waals surface area (Å²) in [7, 11) is 1.80. The molecule has 0 radical (unpaired) electrons. The van der Waals surface area contributed by atoms with Crippen molar-refractivity contribution in [2.24, 2.45) is 4.99 Å². The Bertz CT molecular complexity index is 1400. The average molecular weight is 562 g/mol. The summed E-state index contributed by atoms with van der Waals surface area (Å²) < 4.78 is 31.1. The molecule has 0 aromatic carbocycles. The summed E-state index contributed by atoms with van der Waals surface area (Å²) in [5.74, 6) is 1.27. The molecule has 0 atom stereocenters. The topological polar surface area (TPSA) is 131 Å². The van der Waals surface area contributed by atoms with Gasteiger partial charge >= 0.3 is 6.18 Å². The van der Waals surface area contributed by atoms with E-state index in [1.165, 1.54) is 25.1 Å². The first-order chi connectivity index (χ1) is 19.0. The third-order valence-electron chi connectivity index (χ3n) is 7.33. The summed E-state index contributed by atoms with van der Waals surface area (Å²) >= 11 is 0. The zero-order valence-electron chi connectivity index (χ0n) is 22.6. The van der Waals surface area contributed by atoms with Crippen molar-refractivity contribution in [2.45, 2.75) is 63.5 Å². The number of hydrogen-bond donors (Lipinski definition) is 3. The van der Waals surface area contributed by atoms with Crippen molar-refractivity contribution in [1.29, 1.82) is 0 Å². The van der Waals surface area contributed by atoms with Gasteiger partial charge < -0.3 is 19.9 Å². The summed E-state index contributed by atoms with van der Waals surface area (Å²) in [5.41, 5.74) is 1.74. The third-order valence-corrected chi connectivity index (χ3v) is 7.33. The molecular weight excluding hydrogens is 527 g/mol. The van der Waals surface area contributed by atoms with Crippen molar-refractivity contribution in [3.63, 3.8) is 0 Å². The van der Waals surface area contributed by atoms with Gasteiger partial charge in [0.25, 0.3) is 0 Å². The Morgan fingerprint density at radius 1 is 1.10 bits per heavy atom. The number of fused-ring (bicyclic) bond motifs is 3. The number of halogens is 3. The second-order valence-electron chi connectivity index (χ2n) is 10.2. The quantitative estimate of drug-likeness (QED) is 0.316. The Labute approximate surface area is 229 Å². The number of pyridine rings is 2. The number of rotatable bonds is 2. The number of nitrogens with zero attached hydrogens (tertiary/aromatic N) is 5. The van der Waals surface area contributed by atoms with Crippen LogP contribution < -0.4 is 10.5 Å². The number of alkyl halides is 3. The first-order valence-electron chi connectivity index (χ1n) is 13.3. The molecule has 3 aromatic rings. The lowest BCUT2D eigenvalue weighted by atomic mass is 9.72. The van der Waals surface area contributed by atoms with Crippen LogP contribution in [0, 0.1) is 0 Å². The number of aromatic hydroxyl groups is 1. The lowest BCUT2D eigenvalue weighted by Crippen LogP contribution is -2.46. The fourth-order valence-electron chi connectivity index (χ4n) is 5.56. The normalized spacial score (nSPS) is 18.3. The summed E-state index contributed by atoms with van der Waals surface area (Å²) in [4.78, 5) is 40.9. The van der Waals surface area contributed by atoms with Gasteiger partial charge in [0, 0.05) is 38.5 Å². The minimum Gasteiger partial charge on any atom is -0.506 e. The molecule has 0 bridgehead atoms. The van der Waals surface area contributed by atoms with E-state index in [1.807, 2.05) is 11.0 Å². The van der Waals surface area contributed by atoms with Crippen LogP contribution in [0.3, 0.4) is 0 Å². The van der Waals surface area contributed by atoms with Gasteiger partial charge in [0.15, 0.2) is 5.65 Å². The number of amidine groups is 1. The zero-order valence-corrected chi connectivity index (χ0v) is 22.6. The fourth-order valence-corrected chi connectivity index (χ4v) is 5.56. The third kappa shape index (κ3) is 6.62. The van der Waals surface area contributed by atoms with Crippen molar-refractivity contribution in [3.8, 4) is 5.75 Å².